The molecular formula is C26H51NO3. The van der Waals surface area contributed by atoms with Crippen LogP contribution in [0.5, 0.6) is 0 Å². The molecule has 1 saturated carbocycles. The summed E-state index contributed by atoms with van der Waals surface area (Å²) < 4.78 is 0. The summed E-state index contributed by atoms with van der Waals surface area (Å²) in [4.78, 5) is 10.3. The van der Waals surface area contributed by atoms with Crippen molar-refractivity contribution in [2.24, 2.45) is 5.92 Å². The van der Waals surface area contributed by atoms with Crippen molar-refractivity contribution in [3.63, 3.8) is 0 Å². The number of benzene rings is 1. The van der Waals surface area contributed by atoms with Crippen molar-refractivity contribution >= 4 is 6.09 Å². The minimum atomic E-state index is -0.885. The molecular weight excluding hydrogens is 374 g/mol. The number of rotatable bonds is 8. The van der Waals surface area contributed by atoms with Crippen molar-refractivity contribution in [2.75, 3.05) is 7.11 Å². The molecule has 1 fully saturated rings. The van der Waals surface area contributed by atoms with Crippen LogP contribution in [0.4, 0.5) is 4.79 Å². The minimum absolute atomic E-state index is 0.196. The normalized spacial score (nSPS) is 12.6. The van der Waals surface area contributed by atoms with E-state index >= 15 is 0 Å². The molecule has 1 amide bonds. The summed E-state index contributed by atoms with van der Waals surface area (Å²) in [6.45, 7) is 14.5. The third kappa shape index (κ3) is 17.3. The Labute approximate surface area is 187 Å². The van der Waals surface area contributed by atoms with E-state index in [0.717, 1.165) is 13.5 Å². The van der Waals surface area contributed by atoms with Crippen molar-refractivity contribution in [1.82, 2.24) is 5.32 Å². The summed E-state index contributed by atoms with van der Waals surface area (Å²) >= 11 is 0. The Morgan fingerprint density at radius 3 is 2.00 bits per heavy atom. The Morgan fingerprint density at radius 1 is 1.03 bits per heavy atom. The highest BCUT2D eigenvalue weighted by Gasteiger charge is 2.26. The van der Waals surface area contributed by atoms with Gasteiger partial charge in [0.25, 0.3) is 0 Å². The molecule has 0 saturated heterocycles. The molecule has 1 aromatic rings. The van der Waals surface area contributed by atoms with Gasteiger partial charge in [-0.1, -0.05) is 91.5 Å². The Bertz CT molecular complexity index is 473. The molecule has 0 heterocycles. The molecule has 4 nitrogen and oxygen atoms in total. The number of nitrogens with one attached hydrogen (secondary N) is 1. The summed E-state index contributed by atoms with van der Waals surface area (Å²) in [5, 5.41) is 18.0. The minimum Gasteiger partial charge on any atom is -0.465 e. The van der Waals surface area contributed by atoms with E-state index in [1.807, 2.05) is 34.6 Å². The van der Waals surface area contributed by atoms with Gasteiger partial charge in [-0.3, -0.25) is 0 Å². The SMILES string of the molecule is CC.CC.CCC(NC(=O)O)C1CCC1.CCCCCCc1ccccc1C.CO. The number of hydrogen-bond acceptors (Lipinski definition) is 2. The number of hydrogen-bond donors (Lipinski definition) is 3. The van der Waals surface area contributed by atoms with Gasteiger partial charge in [0.2, 0.25) is 0 Å². The Hall–Kier alpha value is -1.55. The van der Waals surface area contributed by atoms with Crippen molar-refractivity contribution in [3.8, 4) is 0 Å². The average Bonchev–Trinajstić information content (AvgIpc) is 2.75. The molecule has 3 N–H and O–H groups in total. The molecule has 0 aliphatic heterocycles. The number of carbonyl (C=O) groups is 1. The zero-order valence-corrected chi connectivity index (χ0v) is 21.1. The van der Waals surface area contributed by atoms with Gasteiger partial charge < -0.3 is 15.5 Å². The maximum absolute atomic E-state index is 10.3. The first kappa shape index (κ1) is 33.1. The number of aliphatic hydroxyl groups is 1. The van der Waals surface area contributed by atoms with E-state index in [2.05, 4.69) is 43.4 Å². The number of amides is 1. The van der Waals surface area contributed by atoms with Crippen LogP contribution >= 0.6 is 0 Å². The van der Waals surface area contributed by atoms with Gasteiger partial charge in [-0.2, -0.15) is 0 Å². The predicted molar refractivity (Wildman–Crippen MR) is 132 cm³/mol. The second-order valence-electron chi connectivity index (χ2n) is 6.89. The molecule has 1 aliphatic carbocycles. The van der Waals surface area contributed by atoms with Gasteiger partial charge >= 0.3 is 6.09 Å². The largest absolute Gasteiger partial charge is 0.465 e. The van der Waals surface area contributed by atoms with Crippen molar-refractivity contribution in [2.45, 2.75) is 112 Å². The highest BCUT2D eigenvalue weighted by atomic mass is 16.4. The summed E-state index contributed by atoms with van der Waals surface area (Å²) in [6.07, 6.45) is 10.4. The van der Waals surface area contributed by atoms with Crippen LogP contribution in [0.15, 0.2) is 24.3 Å². The van der Waals surface area contributed by atoms with Gasteiger partial charge in [-0.05, 0) is 56.1 Å². The van der Waals surface area contributed by atoms with Gasteiger partial charge in [0.15, 0.2) is 0 Å². The first-order valence-electron chi connectivity index (χ1n) is 12.1. The highest BCUT2D eigenvalue weighted by molar-refractivity contribution is 5.64. The lowest BCUT2D eigenvalue weighted by Gasteiger charge is -2.32. The van der Waals surface area contributed by atoms with E-state index in [-0.39, 0.29) is 6.04 Å². The molecule has 1 aromatic carbocycles. The smallest absolute Gasteiger partial charge is 0.404 e. The summed E-state index contributed by atoms with van der Waals surface area (Å²) in [6, 6.07) is 8.91. The number of aliphatic hydroxyl groups excluding tert-OH is 1. The molecule has 1 unspecified atom stereocenters. The van der Waals surface area contributed by atoms with Crippen LogP contribution in [0.2, 0.25) is 0 Å². The second kappa shape index (κ2) is 25.5. The van der Waals surface area contributed by atoms with Crippen LogP contribution in [0.1, 0.15) is 104 Å². The second-order valence-corrected chi connectivity index (χ2v) is 6.89. The molecule has 0 bridgehead atoms. The topological polar surface area (TPSA) is 69.6 Å². The van der Waals surface area contributed by atoms with E-state index in [0.29, 0.717) is 5.92 Å². The molecule has 0 radical (unpaired) electrons. The van der Waals surface area contributed by atoms with Gasteiger partial charge in [-0.15, -0.1) is 0 Å². The fourth-order valence-corrected chi connectivity index (χ4v) is 3.19. The Kier molecular flexibility index (Phi) is 28.1. The van der Waals surface area contributed by atoms with E-state index in [1.54, 1.807) is 0 Å². The lowest BCUT2D eigenvalue weighted by molar-refractivity contribution is 0.169. The van der Waals surface area contributed by atoms with E-state index in [1.165, 1.54) is 62.5 Å². The Balaban J connectivity index is -0.000000392. The number of unbranched alkanes of at least 4 members (excludes halogenated alkanes) is 3. The van der Waals surface area contributed by atoms with E-state index in [9.17, 15) is 4.79 Å². The third-order valence-corrected chi connectivity index (χ3v) is 5.03. The fraction of sp³-hybridized carbons (Fsp3) is 0.731. The van der Waals surface area contributed by atoms with Crippen LogP contribution in [0, 0.1) is 12.8 Å². The van der Waals surface area contributed by atoms with Gasteiger partial charge in [0.05, 0.1) is 0 Å². The lowest BCUT2D eigenvalue weighted by Crippen LogP contribution is -2.41. The predicted octanol–water partition coefficient (Wildman–Crippen LogP) is 7.61. The molecule has 1 atom stereocenters. The van der Waals surface area contributed by atoms with Crippen molar-refractivity contribution in [1.29, 1.82) is 0 Å². The van der Waals surface area contributed by atoms with Gasteiger partial charge in [-0.25, -0.2) is 4.79 Å². The number of carboxylic acid groups (broad SMARTS) is 1. The van der Waals surface area contributed by atoms with Crippen LogP contribution in [0.25, 0.3) is 0 Å². The quantitative estimate of drug-likeness (QED) is 0.375. The average molecular weight is 426 g/mol. The van der Waals surface area contributed by atoms with Crippen molar-refractivity contribution in [3.05, 3.63) is 35.4 Å². The van der Waals surface area contributed by atoms with Crippen LogP contribution in [0.3, 0.4) is 0 Å². The van der Waals surface area contributed by atoms with E-state index in [4.69, 9.17) is 10.2 Å². The summed E-state index contributed by atoms with van der Waals surface area (Å²) in [5.41, 5.74) is 2.97. The van der Waals surface area contributed by atoms with Crippen LogP contribution in [-0.4, -0.2) is 29.5 Å². The first-order chi connectivity index (χ1) is 14.6. The molecule has 0 aromatic heterocycles. The standard InChI is InChI=1S/C13H20.C8H15NO2.2C2H6.CH4O/c1-3-4-5-6-10-13-11-8-7-9-12(13)2;1-2-7(9-8(10)11)6-4-3-5-6;3*1-2/h7-9,11H,3-6,10H2,1-2H3;6-7,9H,2-5H2,1H3,(H,10,11);2*1-2H3;2H,1H3. The Morgan fingerprint density at radius 2 is 1.60 bits per heavy atom. The van der Waals surface area contributed by atoms with Crippen molar-refractivity contribution < 1.29 is 15.0 Å². The molecule has 178 valence electrons. The summed E-state index contributed by atoms with van der Waals surface area (Å²) in [5.74, 6) is 0.607. The summed E-state index contributed by atoms with van der Waals surface area (Å²) in [7, 11) is 1.00. The van der Waals surface area contributed by atoms with E-state index < -0.39 is 6.09 Å². The lowest BCUT2D eigenvalue weighted by atomic mass is 9.79. The molecule has 4 heteroatoms. The van der Waals surface area contributed by atoms with Crippen LogP contribution < -0.4 is 5.32 Å². The zero-order chi connectivity index (χ0) is 23.8. The number of aryl methyl sites for hydroxylation is 2. The molecule has 0 spiro atoms. The first-order valence-corrected chi connectivity index (χ1v) is 12.1. The molecule has 2 rings (SSSR count). The third-order valence-electron chi connectivity index (χ3n) is 5.03. The maximum atomic E-state index is 10.3. The maximum Gasteiger partial charge on any atom is 0.404 e. The van der Waals surface area contributed by atoms with Gasteiger partial charge in [0, 0.05) is 13.2 Å². The molecule has 1 aliphatic rings. The van der Waals surface area contributed by atoms with Crippen LogP contribution in [-0.2, 0) is 6.42 Å². The fourth-order valence-electron chi connectivity index (χ4n) is 3.19. The highest BCUT2D eigenvalue weighted by Crippen LogP contribution is 2.30. The van der Waals surface area contributed by atoms with Gasteiger partial charge in [0.1, 0.15) is 0 Å². The molecule has 30 heavy (non-hydrogen) atoms. The monoisotopic (exact) mass is 425 g/mol. The zero-order valence-electron chi connectivity index (χ0n) is 21.1.